The second-order valence-corrected chi connectivity index (χ2v) is 12.4. The van der Waals surface area contributed by atoms with Crippen LogP contribution in [0, 0.1) is 0 Å². The molecule has 0 aliphatic rings. The number of aromatic nitrogens is 2. The molecule has 1 aromatic heterocycles. The van der Waals surface area contributed by atoms with Gasteiger partial charge in [-0.05, 0) is 51.5 Å². The number of halogens is 1. The minimum atomic E-state index is -3.47. The van der Waals surface area contributed by atoms with Gasteiger partial charge in [0.15, 0.2) is 0 Å². The second kappa shape index (κ2) is 9.98. The van der Waals surface area contributed by atoms with Crippen molar-refractivity contribution in [3.63, 3.8) is 0 Å². The van der Waals surface area contributed by atoms with E-state index in [1.807, 2.05) is 30.3 Å². The molecule has 0 spiro atoms. The first kappa shape index (κ1) is 26.7. The molecule has 3 aromatic rings. The number of sulfonamides is 1. The van der Waals surface area contributed by atoms with Crippen molar-refractivity contribution in [2.45, 2.75) is 45.3 Å². The largest absolute Gasteiger partial charge is 0.444 e. The van der Waals surface area contributed by atoms with E-state index < -0.39 is 27.3 Å². The van der Waals surface area contributed by atoms with Crippen LogP contribution in [0.5, 0.6) is 0 Å². The fourth-order valence-corrected chi connectivity index (χ4v) is 4.31. The van der Waals surface area contributed by atoms with E-state index in [9.17, 15) is 13.2 Å². The molecule has 11 heteroatoms. The summed E-state index contributed by atoms with van der Waals surface area (Å²) in [6.45, 7) is 7.13. The smallest absolute Gasteiger partial charge is 0.408 e. The highest BCUT2D eigenvalue weighted by atomic mass is 79.9. The number of rotatable bonds is 7. The molecule has 0 bridgehead atoms. The van der Waals surface area contributed by atoms with E-state index in [2.05, 4.69) is 31.4 Å². The number of nitrogens with one attached hydrogen (secondary N) is 1. The molecule has 2 aromatic carbocycles. The van der Waals surface area contributed by atoms with Crippen LogP contribution in [0.4, 0.5) is 10.5 Å². The van der Waals surface area contributed by atoms with Crippen molar-refractivity contribution in [1.82, 2.24) is 15.5 Å². The van der Waals surface area contributed by atoms with E-state index in [-0.39, 0.29) is 11.8 Å². The highest BCUT2D eigenvalue weighted by Gasteiger charge is 2.36. The highest BCUT2D eigenvalue weighted by Crippen LogP contribution is 2.32. The van der Waals surface area contributed by atoms with E-state index in [4.69, 9.17) is 9.15 Å². The summed E-state index contributed by atoms with van der Waals surface area (Å²) < 4.78 is 37.3. The molecule has 1 N–H and O–H groups in total. The average molecular weight is 565 g/mol. The summed E-state index contributed by atoms with van der Waals surface area (Å²) in [5.74, 6) is 0.356. The van der Waals surface area contributed by atoms with E-state index >= 15 is 0 Å². The second-order valence-electron chi connectivity index (χ2n) is 9.46. The fourth-order valence-electron chi connectivity index (χ4n) is 3.34. The highest BCUT2D eigenvalue weighted by molar-refractivity contribution is 9.10. The van der Waals surface area contributed by atoms with E-state index in [1.165, 1.54) is 7.05 Å². The molecule has 1 amide bonds. The molecule has 1 atom stereocenters. The maximum Gasteiger partial charge on any atom is 0.408 e. The lowest BCUT2D eigenvalue weighted by Crippen LogP contribution is -2.47. The van der Waals surface area contributed by atoms with Crippen LogP contribution in [-0.4, -0.2) is 43.6 Å². The number of carbonyl (C=O) groups excluding carboxylic acids is 1. The summed E-state index contributed by atoms with van der Waals surface area (Å²) in [4.78, 5) is 12.7. The monoisotopic (exact) mass is 564 g/mol. The summed E-state index contributed by atoms with van der Waals surface area (Å²) in [5, 5.41) is 11.3. The van der Waals surface area contributed by atoms with Crippen molar-refractivity contribution < 1.29 is 22.4 Å². The molecule has 188 valence electrons. The van der Waals surface area contributed by atoms with Crippen LogP contribution < -0.4 is 9.62 Å². The molecule has 35 heavy (non-hydrogen) atoms. The lowest BCUT2D eigenvalue weighted by Gasteiger charge is -2.29. The van der Waals surface area contributed by atoms with Crippen LogP contribution in [0.2, 0.25) is 0 Å². The molecule has 0 aliphatic heterocycles. The summed E-state index contributed by atoms with van der Waals surface area (Å²) in [6.07, 6.45) is 0.876. The molecule has 0 fully saturated rings. The van der Waals surface area contributed by atoms with Gasteiger partial charge in [0.25, 0.3) is 0 Å². The van der Waals surface area contributed by atoms with Gasteiger partial charge in [0.05, 0.1) is 11.9 Å². The Hall–Kier alpha value is -2.92. The van der Waals surface area contributed by atoms with Crippen molar-refractivity contribution in [3.8, 4) is 11.5 Å². The molecular formula is C24H29BrN4O5S. The zero-order valence-corrected chi connectivity index (χ0v) is 22.9. The van der Waals surface area contributed by atoms with E-state index in [1.54, 1.807) is 45.9 Å². The maximum atomic E-state index is 12.7. The van der Waals surface area contributed by atoms with Gasteiger partial charge < -0.3 is 14.5 Å². The quantitative estimate of drug-likeness (QED) is 0.435. The van der Waals surface area contributed by atoms with Crippen LogP contribution in [-0.2, 0) is 26.7 Å². The number of hydrogen-bond donors (Lipinski definition) is 1. The Kier molecular flexibility index (Phi) is 7.61. The maximum absolute atomic E-state index is 12.7. The Labute approximate surface area is 214 Å². The van der Waals surface area contributed by atoms with E-state index in [0.717, 1.165) is 16.1 Å². The van der Waals surface area contributed by atoms with Gasteiger partial charge in [-0.1, -0.05) is 46.3 Å². The van der Waals surface area contributed by atoms with Crippen LogP contribution in [0.15, 0.2) is 57.4 Å². The lowest BCUT2D eigenvalue weighted by atomic mass is 9.92. The van der Waals surface area contributed by atoms with Gasteiger partial charge in [-0.2, -0.15) is 0 Å². The summed E-state index contributed by atoms with van der Waals surface area (Å²) in [5.41, 5.74) is 0.132. The van der Waals surface area contributed by atoms with Crippen molar-refractivity contribution >= 4 is 37.7 Å². The zero-order chi connectivity index (χ0) is 26.0. The van der Waals surface area contributed by atoms with Gasteiger partial charge in [0.2, 0.25) is 21.8 Å². The van der Waals surface area contributed by atoms with Crippen LogP contribution in [0.3, 0.4) is 0 Å². The van der Waals surface area contributed by atoms with Crippen molar-refractivity contribution in [3.05, 3.63) is 64.5 Å². The first-order chi connectivity index (χ1) is 16.2. The molecular weight excluding hydrogens is 536 g/mol. The summed E-state index contributed by atoms with van der Waals surface area (Å²) in [7, 11) is -2.01. The van der Waals surface area contributed by atoms with Crippen molar-refractivity contribution in [2.24, 2.45) is 0 Å². The molecule has 0 unspecified atom stereocenters. The van der Waals surface area contributed by atoms with Crippen molar-refractivity contribution in [1.29, 1.82) is 0 Å². The fraction of sp³-hybridized carbons (Fsp3) is 0.375. The predicted octanol–water partition coefficient (Wildman–Crippen LogP) is 4.88. The van der Waals surface area contributed by atoms with Crippen molar-refractivity contribution in [2.75, 3.05) is 17.6 Å². The van der Waals surface area contributed by atoms with Gasteiger partial charge >= 0.3 is 6.09 Å². The number of benzene rings is 2. The van der Waals surface area contributed by atoms with Gasteiger partial charge in [-0.3, -0.25) is 4.31 Å². The topological polar surface area (TPSA) is 115 Å². The third-order valence-corrected chi connectivity index (χ3v) is 6.73. The average Bonchev–Trinajstić information content (AvgIpc) is 3.22. The molecule has 1 heterocycles. The van der Waals surface area contributed by atoms with Crippen LogP contribution >= 0.6 is 15.9 Å². The molecule has 9 nitrogen and oxygen atoms in total. The van der Waals surface area contributed by atoms with Crippen LogP contribution in [0.1, 0.15) is 39.1 Å². The number of anilines is 1. The van der Waals surface area contributed by atoms with Gasteiger partial charge in [0, 0.05) is 23.5 Å². The third-order valence-electron chi connectivity index (χ3n) is 5.06. The van der Waals surface area contributed by atoms with Gasteiger partial charge in [0.1, 0.15) is 11.1 Å². The molecule has 3 rings (SSSR count). The Balaban J connectivity index is 2.00. The first-order valence-electron chi connectivity index (χ1n) is 10.8. The number of alkyl carbamates (subject to hydrolysis) is 1. The normalized spacial score (nSPS) is 13.7. The third kappa shape index (κ3) is 7.04. The van der Waals surface area contributed by atoms with Gasteiger partial charge in [-0.15, -0.1) is 10.2 Å². The standard InChI is InChI=1S/C24H29BrN4O5S/c1-23(2,3)34-22(30)26-24(4,15-16-10-8-7-9-11-16)21-28-27-20(33-21)17-12-18(25)14-19(13-17)29(5)35(6,31)32/h7-14H,15H2,1-6H3,(H,26,30)/t24-/m0/s1. The number of ether oxygens (including phenoxy) is 1. The SMILES string of the molecule is CN(c1cc(Br)cc(-c2nnc([C@](C)(Cc3ccccc3)NC(=O)OC(C)(C)C)o2)c1)S(C)(=O)=O. The van der Waals surface area contributed by atoms with E-state index in [0.29, 0.717) is 22.1 Å². The predicted molar refractivity (Wildman–Crippen MR) is 138 cm³/mol. The summed E-state index contributed by atoms with van der Waals surface area (Å²) in [6, 6.07) is 14.7. The minimum absolute atomic E-state index is 0.176. The molecule has 0 saturated heterocycles. The Morgan fingerprint density at radius 1 is 1.11 bits per heavy atom. The molecule has 0 aliphatic carbocycles. The minimum Gasteiger partial charge on any atom is -0.444 e. The Morgan fingerprint density at radius 3 is 2.37 bits per heavy atom. The number of carbonyl (C=O) groups is 1. The number of amides is 1. The van der Waals surface area contributed by atoms with Gasteiger partial charge in [-0.25, -0.2) is 13.2 Å². The molecule has 0 saturated carbocycles. The Bertz CT molecular complexity index is 1300. The Morgan fingerprint density at radius 2 is 1.77 bits per heavy atom. The summed E-state index contributed by atoms with van der Waals surface area (Å²) >= 11 is 3.41. The van der Waals surface area contributed by atoms with Crippen LogP contribution in [0.25, 0.3) is 11.5 Å². The lowest BCUT2D eigenvalue weighted by molar-refractivity contribution is 0.0443. The number of hydrogen-bond acceptors (Lipinski definition) is 7. The zero-order valence-electron chi connectivity index (χ0n) is 20.5. The first-order valence-corrected chi connectivity index (χ1v) is 13.4. The molecule has 0 radical (unpaired) electrons. The number of nitrogens with zero attached hydrogens (tertiary/aromatic N) is 3.